The molecule has 5 heteroatoms. The molecular formula is C24H35ClN2O2. The van der Waals surface area contributed by atoms with Crippen molar-refractivity contribution < 1.29 is 9.90 Å². The third-order valence-corrected chi connectivity index (χ3v) is 6.26. The van der Waals surface area contributed by atoms with Crippen LogP contribution in [-0.4, -0.2) is 30.2 Å². The summed E-state index contributed by atoms with van der Waals surface area (Å²) in [5.41, 5.74) is 7.44. The SMILES string of the molecule is CNC(=O)C(Cc1ccc2ccccc2c1)CC(O)[C@@H](N)CC1CCCCC1.Cl. The number of hydrogen-bond donors (Lipinski definition) is 3. The maximum Gasteiger partial charge on any atom is 0.223 e. The van der Waals surface area contributed by atoms with E-state index in [-0.39, 0.29) is 30.3 Å². The molecule has 1 amide bonds. The van der Waals surface area contributed by atoms with Crippen molar-refractivity contribution in [1.29, 1.82) is 0 Å². The lowest BCUT2D eigenvalue weighted by atomic mass is 9.82. The molecule has 0 aliphatic heterocycles. The van der Waals surface area contributed by atoms with Gasteiger partial charge >= 0.3 is 0 Å². The van der Waals surface area contributed by atoms with Crippen molar-refractivity contribution in [3.63, 3.8) is 0 Å². The minimum absolute atomic E-state index is 0. The van der Waals surface area contributed by atoms with E-state index in [9.17, 15) is 9.90 Å². The second-order valence-electron chi connectivity index (χ2n) is 8.40. The summed E-state index contributed by atoms with van der Waals surface area (Å²) in [4.78, 5) is 12.5. The van der Waals surface area contributed by atoms with Crippen LogP contribution in [0, 0.1) is 11.8 Å². The lowest BCUT2D eigenvalue weighted by Crippen LogP contribution is -2.41. The monoisotopic (exact) mass is 418 g/mol. The van der Waals surface area contributed by atoms with Gasteiger partial charge in [0.25, 0.3) is 0 Å². The standard InChI is InChI=1S/C24H34N2O2.ClH/c1-26-24(28)21(14-18-11-12-19-9-5-6-10-20(19)13-18)16-23(27)22(25)15-17-7-3-2-4-8-17;/h5-6,9-13,17,21-23,27H,2-4,7-8,14-16,25H2,1H3,(H,26,28);1H/t21?,22-,23?;/m0./s1. The predicted molar refractivity (Wildman–Crippen MR) is 122 cm³/mol. The first kappa shape index (κ1) is 23.7. The van der Waals surface area contributed by atoms with Crippen LogP contribution in [0.2, 0.25) is 0 Å². The first-order valence-corrected chi connectivity index (χ1v) is 10.7. The Hall–Kier alpha value is -1.62. The number of carbonyl (C=O) groups is 1. The smallest absolute Gasteiger partial charge is 0.223 e. The molecule has 1 aliphatic carbocycles. The highest BCUT2D eigenvalue weighted by Crippen LogP contribution is 2.28. The van der Waals surface area contributed by atoms with Gasteiger partial charge in [-0.15, -0.1) is 12.4 Å². The van der Waals surface area contributed by atoms with Crippen LogP contribution in [0.5, 0.6) is 0 Å². The predicted octanol–water partition coefficient (Wildman–Crippen LogP) is 4.22. The van der Waals surface area contributed by atoms with Crippen molar-refractivity contribution in [3.05, 3.63) is 48.0 Å². The Bertz CT molecular complexity index is 776. The maximum absolute atomic E-state index is 12.5. The van der Waals surface area contributed by atoms with Crippen molar-refractivity contribution in [2.75, 3.05) is 7.05 Å². The third kappa shape index (κ3) is 6.70. The molecular weight excluding hydrogens is 384 g/mol. The van der Waals surface area contributed by atoms with Crippen LogP contribution in [0.15, 0.2) is 42.5 Å². The average Bonchev–Trinajstić information content (AvgIpc) is 2.73. The summed E-state index contributed by atoms with van der Waals surface area (Å²) in [5.74, 6) is 0.313. The summed E-state index contributed by atoms with van der Waals surface area (Å²) in [6.07, 6.45) is 7.53. The van der Waals surface area contributed by atoms with Crippen LogP contribution in [0.3, 0.4) is 0 Å². The number of fused-ring (bicyclic) bond motifs is 1. The van der Waals surface area contributed by atoms with Gasteiger partial charge in [-0.05, 0) is 41.5 Å². The fraction of sp³-hybridized carbons (Fsp3) is 0.542. The second kappa shape index (κ2) is 11.5. The van der Waals surface area contributed by atoms with Crippen LogP contribution in [0.1, 0.15) is 50.5 Å². The molecule has 2 aromatic carbocycles. The van der Waals surface area contributed by atoms with Crippen molar-refractivity contribution in [1.82, 2.24) is 5.32 Å². The Morgan fingerprint density at radius 3 is 2.52 bits per heavy atom. The Morgan fingerprint density at radius 2 is 1.83 bits per heavy atom. The van der Waals surface area contributed by atoms with Gasteiger partial charge in [0.15, 0.2) is 0 Å². The lowest BCUT2D eigenvalue weighted by molar-refractivity contribution is -0.125. The molecule has 1 aliphatic rings. The molecule has 2 aromatic rings. The zero-order valence-electron chi connectivity index (χ0n) is 17.3. The summed E-state index contributed by atoms with van der Waals surface area (Å²) in [6, 6.07) is 14.3. The molecule has 0 aromatic heterocycles. The largest absolute Gasteiger partial charge is 0.391 e. The minimum atomic E-state index is -0.648. The van der Waals surface area contributed by atoms with Gasteiger partial charge in [0.2, 0.25) is 5.91 Å². The van der Waals surface area contributed by atoms with Gasteiger partial charge in [-0.2, -0.15) is 0 Å². The van der Waals surface area contributed by atoms with Crippen LogP contribution >= 0.6 is 12.4 Å². The molecule has 29 heavy (non-hydrogen) atoms. The Morgan fingerprint density at radius 1 is 1.14 bits per heavy atom. The number of carbonyl (C=O) groups excluding carboxylic acids is 1. The van der Waals surface area contributed by atoms with Crippen LogP contribution in [0.4, 0.5) is 0 Å². The molecule has 160 valence electrons. The van der Waals surface area contributed by atoms with Crippen molar-refractivity contribution in [2.45, 2.75) is 63.5 Å². The van der Waals surface area contributed by atoms with E-state index in [2.05, 4.69) is 35.6 Å². The summed E-state index contributed by atoms with van der Waals surface area (Å²) < 4.78 is 0. The van der Waals surface area contributed by atoms with E-state index in [4.69, 9.17) is 5.73 Å². The first-order chi connectivity index (χ1) is 13.6. The van der Waals surface area contributed by atoms with E-state index in [1.807, 2.05) is 12.1 Å². The van der Waals surface area contributed by atoms with E-state index in [1.165, 1.54) is 42.9 Å². The molecule has 4 nitrogen and oxygen atoms in total. The Balaban J connectivity index is 0.00000300. The normalized spacial score (nSPS) is 17.9. The number of aliphatic hydroxyl groups excluding tert-OH is 1. The molecule has 3 rings (SSSR count). The van der Waals surface area contributed by atoms with Gasteiger partial charge in [-0.1, -0.05) is 74.6 Å². The first-order valence-electron chi connectivity index (χ1n) is 10.7. The zero-order chi connectivity index (χ0) is 19.9. The van der Waals surface area contributed by atoms with Gasteiger partial charge in [0.05, 0.1) is 6.10 Å². The summed E-state index contributed by atoms with van der Waals surface area (Å²) >= 11 is 0. The van der Waals surface area contributed by atoms with Gasteiger partial charge in [0.1, 0.15) is 0 Å². The number of rotatable bonds is 8. The molecule has 0 bridgehead atoms. The summed E-state index contributed by atoms with van der Waals surface area (Å²) in [5, 5.41) is 15.8. The number of amides is 1. The van der Waals surface area contributed by atoms with Crippen molar-refractivity contribution >= 4 is 29.1 Å². The van der Waals surface area contributed by atoms with Gasteiger partial charge in [0, 0.05) is 19.0 Å². The topological polar surface area (TPSA) is 75.3 Å². The maximum atomic E-state index is 12.5. The molecule has 0 spiro atoms. The molecule has 0 heterocycles. The van der Waals surface area contributed by atoms with E-state index in [0.29, 0.717) is 18.8 Å². The fourth-order valence-corrected chi connectivity index (χ4v) is 4.57. The van der Waals surface area contributed by atoms with Crippen LogP contribution < -0.4 is 11.1 Å². The number of benzene rings is 2. The number of aliphatic hydroxyl groups is 1. The lowest BCUT2D eigenvalue weighted by Gasteiger charge is -2.28. The number of nitrogens with one attached hydrogen (secondary N) is 1. The number of nitrogens with two attached hydrogens (primary N) is 1. The van der Waals surface area contributed by atoms with Crippen molar-refractivity contribution in [2.24, 2.45) is 17.6 Å². The van der Waals surface area contributed by atoms with Gasteiger partial charge in [-0.25, -0.2) is 0 Å². The highest BCUT2D eigenvalue weighted by molar-refractivity contribution is 5.85. The van der Waals surface area contributed by atoms with Gasteiger partial charge in [-0.3, -0.25) is 4.79 Å². The molecule has 1 fully saturated rings. The number of hydrogen-bond acceptors (Lipinski definition) is 3. The second-order valence-corrected chi connectivity index (χ2v) is 8.40. The molecule has 3 atom stereocenters. The summed E-state index contributed by atoms with van der Waals surface area (Å²) in [7, 11) is 1.66. The van der Waals surface area contributed by atoms with E-state index < -0.39 is 6.10 Å². The van der Waals surface area contributed by atoms with E-state index in [1.54, 1.807) is 7.05 Å². The molecule has 1 saturated carbocycles. The molecule has 0 saturated heterocycles. The zero-order valence-corrected chi connectivity index (χ0v) is 18.2. The van der Waals surface area contributed by atoms with E-state index >= 15 is 0 Å². The van der Waals surface area contributed by atoms with Crippen LogP contribution in [-0.2, 0) is 11.2 Å². The molecule has 0 radical (unpaired) electrons. The summed E-state index contributed by atoms with van der Waals surface area (Å²) in [6.45, 7) is 0. The Labute approximate surface area is 180 Å². The molecule has 4 N–H and O–H groups in total. The third-order valence-electron chi connectivity index (χ3n) is 6.26. The van der Waals surface area contributed by atoms with Gasteiger partial charge < -0.3 is 16.2 Å². The Kier molecular flexibility index (Phi) is 9.41. The van der Waals surface area contributed by atoms with Crippen LogP contribution in [0.25, 0.3) is 10.8 Å². The van der Waals surface area contributed by atoms with E-state index in [0.717, 1.165) is 12.0 Å². The fourth-order valence-electron chi connectivity index (χ4n) is 4.57. The molecule has 2 unspecified atom stereocenters. The number of halogens is 1. The highest BCUT2D eigenvalue weighted by Gasteiger charge is 2.27. The average molecular weight is 419 g/mol. The van der Waals surface area contributed by atoms with Crippen molar-refractivity contribution in [3.8, 4) is 0 Å². The highest BCUT2D eigenvalue weighted by atomic mass is 35.5. The minimum Gasteiger partial charge on any atom is -0.391 e. The quantitative estimate of drug-likeness (QED) is 0.600.